The zero-order valence-electron chi connectivity index (χ0n) is 18.5. The van der Waals surface area contributed by atoms with E-state index in [1.807, 2.05) is 82.3 Å². The van der Waals surface area contributed by atoms with Crippen molar-refractivity contribution in [3.8, 4) is 17.0 Å². The van der Waals surface area contributed by atoms with Crippen molar-refractivity contribution in [2.75, 3.05) is 12.4 Å². The molecule has 1 N–H and O–H groups in total. The maximum absolute atomic E-state index is 13.5. The van der Waals surface area contributed by atoms with E-state index in [0.717, 1.165) is 55.9 Å². The van der Waals surface area contributed by atoms with Gasteiger partial charge in [0.25, 0.3) is 5.91 Å². The van der Waals surface area contributed by atoms with Gasteiger partial charge in [-0.1, -0.05) is 42.0 Å². The summed E-state index contributed by atoms with van der Waals surface area (Å²) in [6, 6.07) is 19.7. The van der Waals surface area contributed by atoms with Crippen LogP contribution in [0, 0.1) is 27.7 Å². The zero-order chi connectivity index (χ0) is 22.1. The monoisotopic (exact) mass is 410 g/mol. The summed E-state index contributed by atoms with van der Waals surface area (Å²) in [6.07, 6.45) is 0. The molecule has 0 saturated carbocycles. The zero-order valence-corrected chi connectivity index (χ0v) is 18.5. The summed E-state index contributed by atoms with van der Waals surface area (Å²) < 4.78 is 5.38. The van der Waals surface area contributed by atoms with E-state index in [4.69, 9.17) is 9.72 Å². The average Bonchev–Trinajstić information content (AvgIpc) is 2.75. The molecule has 3 aromatic carbocycles. The summed E-state index contributed by atoms with van der Waals surface area (Å²) in [6.45, 7) is 8.08. The Morgan fingerprint density at radius 2 is 1.58 bits per heavy atom. The molecule has 0 aliphatic heterocycles. The number of hydrogen-bond acceptors (Lipinski definition) is 3. The van der Waals surface area contributed by atoms with Gasteiger partial charge in [-0.25, -0.2) is 4.98 Å². The third-order valence-electron chi connectivity index (χ3n) is 5.58. The van der Waals surface area contributed by atoms with Gasteiger partial charge in [-0.2, -0.15) is 0 Å². The number of ether oxygens (including phenoxy) is 1. The molecule has 0 aliphatic carbocycles. The Balaban J connectivity index is 1.91. The van der Waals surface area contributed by atoms with E-state index < -0.39 is 0 Å². The minimum Gasteiger partial charge on any atom is -0.497 e. The number of carbonyl (C=O) groups excluding carboxylic acids is 1. The summed E-state index contributed by atoms with van der Waals surface area (Å²) in [4.78, 5) is 18.4. The predicted octanol–water partition coefficient (Wildman–Crippen LogP) is 6.40. The van der Waals surface area contributed by atoms with Crippen molar-refractivity contribution < 1.29 is 9.53 Å². The van der Waals surface area contributed by atoms with Crippen LogP contribution in [0.5, 0.6) is 5.75 Å². The first-order valence-corrected chi connectivity index (χ1v) is 10.3. The predicted molar refractivity (Wildman–Crippen MR) is 127 cm³/mol. The molecule has 1 heterocycles. The van der Waals surface area contributed by atoms with E-state index in [0.29, 0.717) is 5.56 Å². The highest BCUT2D eigenvalue weighted by Crippen LogP contribution is 2.30. The Morgan fingerprint density at radius 1 is 0.871 bits per heavy atom. The lowest BCUT2D eigenvalue weighted by atomic mass is 9.99. The first kappa shape index (κ1) is 20.6. The van der Waals surface area contributed by atoms with Crippen LogP contribution in [0.25, 0.3) is 22.2 Å². The number of nitrogens with one attached hydrogen (secondary N) is 1. The van der Waals surface area contributed by atoms with Gasteiger partial charge >= 0.3 is 0 Å². The van der Waals surface area contributed by atoms with Crippen LogP contribution in [0.4, 0.5) is 5.69 Å². The van der Waals surface area contributed by atoms with Crippen molar-refractivity contribution in [2.45, 2.75) is 27.7 Å². The first-order valence-electron chi connectivity index (χ1n) is 10.3. The van der Waals surface area contributed by atoms with Crippen LogP contribution in [0.1, 0.15) is 32.6 Å². The molecule has 0 fully saturated rings. The first-order chi connectivity index (χ1) is 14.9. The standard InChI is InChI=1S/C27H26N2O2/c1-16-12-19(4)26-22(13-16)23(27(30)29-25-17(2)8-6-9-18(25)3)15-24(28-26)20-10-7-11-21(14-20)31-5/h6-15H,1-5H3,(H,29,30). The van der Waals surface area contributed by atoms with E-state index in [1.165, 1.54) is 0 Å². The van der Waals surface area contributed by atoms with Crippen LogP contribution < -0.4 is 10.1 Å². The normalized spacial score (nSPS) is 10.9. The lowest BCUT2D eigenvalue weighted by Crippen LogP contribution is -2.15. The highest BCUT2D eigenvalue weighted by atomic mass is 16.5. The summed E-state index contributed by atoms with van der Waals surface area (Å²) in [5.41, 5.74) is 8.15. The van der Waals surface area contributed by atoms with Gasteiger partial charge in [-0.15, -0.1) is 0 Å². The van der Waals surface area contributed by atoms with Gasteiger partial charge in [0.05, 0.1) is 23.9 Å². The van der Waals surface area contributed by atoms with Gasteiger partial charge in [-0.05, 0) is 68.7 Å². The molecule has 0 aliphatic rings. The number of aromatic nitrogens is 1. The SMILES string of the molecule is COc1cccc(-c2cc(C(=O)Nc3c(C)cccc3C)c3cc(C)cc(C)c3n2)c1. The van der Waals surface area contributed by atoms with Crippen LogP contribution in [-0.2, 0) is 0 Å². The highest BCUT2D eigenvalue weighted by molar-refractivity contribution is 6.14. The van der Waals surface area contributed by atoms with Crippen molar-refractivity contribution in [1.82, 2.24) is 4.98 Å². The second kappa shape index (κ2) is 8.23. The molecule has 4 aromatic rings. The van der Waals surface area contributed by atoms with Crippen molar-refractivity contribution in [1.29, 1.82) is 0 Å². The fourth-order valence-electron chi connectivity index (χ4n) is 3.99. The van der Waals surface area contributed by atoms with Gasteiger partial charge in [0, 0.05) is 16.6 Å². The van der Waals surface area contributed by atoms with Gasteiger partial charge in [0.15, 0.2) is 0 Å². The maximum Gasteiger partial charge on any atom is 0.256 e. The number of anilines is 1. The maximum atomic E-state index is 13.5. The smallest absolute Gasteiger partial charge is 0.256 e. The average molecular weight is 411 g/mol. The molecule has 0 radical (unpaired) electrons. The Morgan fingerprint density at radius 3 is 2.29 bits per heavy atom. The highest BCUT2D eigenvalue weighted by Gasteiger charge is 2.17. The number of carbonyl (C=O) groups is 1. The molecule has 0 unspecified atom stereocenters. The Bertz CT molecular complexity index is 1290. The summed E-state index contributed by atoms with van der Waals surface area (Å²) in [5, 5.41) is 3.99. The number of hydrogen-bond donors (Lipinski definition) is 1. The number of methoxy groups -OCH3 is 1. The third kappa shape index (κ3) is 4.02. The van der Waals surface area contributed by atoms with Crippen LogP contribution in [-0.4, -0.2) is 18.0 Å². The van der Waals surface area contributed by atoms with E-state index >= 15 is 0 Å². The molecule has 4 nitrogen and oxygen atoms in total. The lowest BCUT2D eigenvalue weighted by molar-refractivity contribution is 0.102. The number of nitrogens with zero attached hydrogens (tertiary/aromatic N) is 1. The molecular formula is C27H26N2O2. The molecule has 1 amide bonds. The Kier molecular flexibility index (Phi) is 5.47. The van der Waals surface area contributed by atoms with Gasteiger partial charge in [0.2, 0.25) is 0 Å². The van der Waals surface area contributed by atoms with E-state index in [2.05, 4.69) is 11.4 Å². The molecular weight excluding hydrogens is 384 g/mol. The second-order valence-corrected chi connectivity index (χ2v) is 7.99. The van der Waals surface area contributed by atoms with Crippen molar-refractivity contribution >= 4 is 22.5 Å². The number of rotatable bonds is 4. The van der Waals surface area contributed by atoms with Crippen LogP contribution >= 0.6 is 0 Å². The molecule has 4 heteroatoms. The lowest BCUT2D eigenvalue weighted by Gasteiger charge is -2.15. The molecule has 0 saturated heterocycles. The molecule has 0 bridgehead atoms. The number of para-hydroxylation sites is 1. The van der Waals surface area contributed by atoms with Crippen LogP contribution in [0.2, 0.25) is 0 Å². The molecule has 0 atom stereocenters. The van der Waals surface area contributed by atoms with Crippen molar-refractivity contribution in [2.24, 2.45) is 0 Å². The van der Waals surface area contributed by atoms with E-state index in [9.17, 15) is 4.79 Å². The quantitative estimate of drug-likeness (QED) is 0.424. The minimum absolute atomic E-state index is 0.140. The van der Waals surface area contributed by atoms with Crippen LogP contribution in [0.3, 0.4) is 0 Å². The number of aryl methyl sites for hydroxylation is 4. The summed E-state index contributed by atoms with van der Waals surface area (Å²) in [5.74, 6) is 0.612. The Hall–Kier alpha value is -3.66. The number of amides is 1. The molecule has 156 valence electrons. The molecule has 31 heavy (non-hydrogen) atoms. The molecule has 4 rings (SSSR count). The summed E-state index contributed by atoms with van der Waals surface area (Å²) >= 11 is 0. The third-order valence-corrected chi connectivity index (χ3v) is 5.58. The second-order valence-electron chi connectivity index (χ2n) is 7.99. The fourth-order valence-corrected chi connectivity index (χ4v) is 3.99. The van der Waals surface area contributed by atoms with E-state index in [1.54, 1.807) is 7.11 Å². The van der Waals surface area contributed by atoms with Crippen molar-refractivity contribution in [3.05, 3.63) is 88.5 Å². The van der Waals surface area contributed by atoms with Gasteiger partial charge in [-0.3, -0.25) is 4.79 Å². The largest absolute Gasteiger partial charge is 0.497 e. The molecule has 0 spiro atoms. The number of benzene rings is 3. The number of pyridine rings is 1. The van der Waals surface area contributed by atoms with Crippen molar-refractivity contribution in [3.63, 3.8) is 0 Å². The Labute approximate surface area is 182 Å². The topological polar surface area (TPSA) is 51.2 Å². The minimum atomic E-state index is -0.140. The molecule has 1 aromatic heterocycles. The van der Waals surface area contributed by atoms with E-state index in [-0.39, 0.29) is 5.91 Å². The van der Waals surface area contributed by atoms with Gasteiger partial charge < -0.3 is 10.1 Å². The van der Waals surface area contributed by atoms with Gasteiger partial charge in [0.1, 0.15) is 5.75 Å². The number of fused-ring (bicyclic) bond motifs is 1. The fraction of sp³-hybridized carbons (Fsp3) is 0.185. The summed E-state index contributed by atoms with van der Waals surface area (Å²) in [7, 11) is 1.64. The van der Waals surface area contributed by atoms with Crippen LogP contribution in [0.15, 0.2) is 60.7 Å².